The van der Waals surface area contributed by atoms with E-state index in [-0.39, 0.29) is 0 Å². The van der Waals surface area contributed by atoms with Crippen molar-refractivity contribution in [2.75, 3.05) is 0 Å². The van der Waals surface area contributed by atoms with E-state index >= 15 is 0 Å². The number of carbonyl (C=O) groups is 1. The van der Waals surface area contributed by atoms with Crippen LogP contribution >= 0.6 is 11.3 Å². The molecule has 1 aromatic heterocycles. The van der Waals surface area contributed by atoms with Crippen molar-refractivity contribution in [1.29, 1.82) is 0 Å². The Hall–Kier alpha value is -1.54. The highest BCUT2D eigenvalue weighted by atomic mass is 32.2. The lowest BCUT2D eigenvalue weighted by atomic mass is 10.3. The number of aromatic nitrogens is 1. The summed E-state index contributed by atoms with van der Waals surface area (Å²) in [5.74, 6) is -2.04. The topological polar surface area (TPSA) is 84.3 Å². The second kappa shape index (κ2) is 4.04. The summed E-state index contributed by atoms with van der Waals surface area (Å²) in [5.41, 5.74) is -2.59. The van der Waals surface area contributed by atoms with Crippen LogP contribution in [-0.4, -0.2) is 30.0 Å². The summed E-state index contributed by atoms with van der Waals surface area (Å²) in [7, 11) is -4.56. The van der Waals surface area contributed by atoms with Gasteiger partial charge in [0.05, 0.1) is 10.2 Å². The van der Waals surface area contributed by atoms with E-state index in [4.69, 9.17) is 5.11 Å². The smallest absolute Gasteiger partial charge is 0.354 e. The lowest BCUT2D eigenvalue weighted by Gasteiger charge is -2.00. The average molecular weight is 275 g/mol. The van der Waals surface area contributed by atoms with Gasteiger partial charge in [-0.2, -0.15) is 0 Å². The van der Waals surface area contributed by atoms with E-state index in [9.17, 15) is 17.6 Å². The van der Waals surface area contributed by atoms with Gasteiger partial charge in [0.15, 0.2) is 0 Å². The predicted molar refractivity (Wildman–Crippen MR) is 59.3 cm³/mol. The van der Waals surface area contributed by atoms with Gasteiger partial charge < -0.3 is 5.11 Å². The van der Waals surface area contributed by atoms with Crippen LogP contribution in [0.15, 0.2) is 28.6 Å². The molecule has 2 rings (SSSR count). The molecule has 0 aliphatic carbocycles. The van der Waals surface area contributed by atoms with Crippen LogP contribution in [0.25, 0.3) is 10.2 Å². The van der Waals surface area contributed by atoms with E-state index in [0.717, 1.165) is 11.3 Å². The number of carboxylic acid groups (broad SMARTS) is 1. The zero-order valence-corrected chi connectivity index (χ0v) is 9.83. The van der Waals surface area contributed by atoms with Crippen molar-refractivity contribution < 1.29 is 22.7 Å². The van der Waals surface area contributed by atoms with Crippen LogP contribution in [-0.2, 0) is 14.6 Å². The van der Waals surface area contributed by atoms with Crippen LogP contribution < -0.4 is 0 Å². The van der Waals surface area contributed by atoms with Crippen molar-refractivity contribution in [3.05, 3.63) is 24.3 Å². The highest BCUT2D eigenvalue weighted by Gasteiger charge is 2.36. The van der Waals surface area contributed by atoms with Crippen molar-refractivity contribution in [3.8, 4) is 0 Å². The first-order valence-corrected chi connectivity index (χ1v) is 6.75. The maximum Gasteiger partial charge on any atom is 0.354 e. The summed E-state index contributed by atoms with van der Waals surface area (Å²) in [6, 6.07) is 6.53. The number of benzene rings is 1. The first kappa shape index (κ1) is 11.9. The highest BCUT2D eigenvalue weighted by molar-refractivity contribution is 7.94. The molecule has 0 saturated heterocycles. The Bertz CT molecular complexity index is 646. The normalized spacial score (nSPS) is 13.7. The number of fused-ring (bicyclic) bond motifs is 1. The Balaban J connectivity index is 2.57. The minimum atomic E-state index is -4.56. The van der Waals surface area contributed by atoms with Crippen LogP contribution in [0.4, 0.5) is 4.39 Å². The fraction of sp³-hybridized carbons (Fsp3) is 0.111. The first-order chi connectivity index (χ1) is 7.93. The number of halogens is 1. The molecule has 1 aromatic carbocycles. The third-order valence-electron chi connectivity index (χ3n) is 1.98. The Morgan fingerprint density at radius 1 is 1.41 bits per heavy atom. The predicted octanol–water partition coefficient (Wildman–Crippen LogP) is 1.45. The van der Waals surface area contributed by atoms with Crippen LogP contribution in [0.1, 0.15) is 0 Å². The number of para-hydroxylation sites is 1. The van der Waals surface area contributed by atoms with Gasteiger partial charge in [-0.15, -0.1) is 11.3 Å². The van der Waals surface area contributed by atoms with Crippen LogP contribution in [0, 0.1) is 0 Å². The lowest BCUT2D eigenvalue weighted by Crippen LogP contribution is -2.25. The van der Waals surface area contributed by atoms with Crippen molar-refractivity contribution in [2.24, 2.45) is 0 Å². The SMILES string of the molecule is O=C(O)C(F)S(=O)(=O)c1nc2ccccc2s1. The number of hydrogen-bond acceptors (Lipinski definition) is 5. The maximum atomic E-state index is 13.1. The number of aliphatic carboxylic acids is 1. The number of rotatable bonds is 3. The summed E-state index contributed by atoms with van der Waals surface area (Å²) < 4.78 is 36.2. The van der Waals surface area contributed by atoms with Gasteiger partial charge in [0.2, 0.25) is 14.2 Å². The zero-order chi connectivity index (χ0) is 12.6. The van der Waals surface area contributed by atoms with Gasteiger partial charge in [0.25, 0.3) is 0 Å². The molecule has 1 N–H and O–H groups in total. The highest BCUT2D eigenvalue weighted by Crippen LogP contribution is 2.27. The molecule has 1 unspecified atom stereocenters. The molecule has 0 fully saturated rings. The molecule has 17 heavy (non-hydrogen) atoms. The molecule has 0 aliphatic heterocycles. The molecule has 1 atom stereocenters. The van der Waals surface area contributed by atoms with Crippen molar-refractivity contribution in [1.82, 2.24) is 4.98 Å². The summed E-state index contributed by atoms with van der Waals surface area (Å²) in [6.45, 7) is 0. The molecule has 1 heterocycles. The number of hydrogen-bond donors (Lipinski definition) is 1. The Labute approximate surface area is 99.4 Å². The van der Waals surface area contributed by atoms with Gasteiger partial charge >= 0.3 is 11.5 Å². The molecule has 8 heteroatoms. The molecule has 0 spiro atoms. The molecule has 0 bridgehead atoms. The summed E-state index contributed by atoms with van der Waals surface area (Å²) in [4.78, 5) is 14.1. The lowest BCUT2D eigenvalue weighted by molar-refractivity contribution is -0.139. The van der Waals surface area contributed by atoms with E-state index in [1.807, 2.05) is 0 Å². The van der Waals surface area contributed by atoms with E-state index in [2.05, 4.69) is 4.98 Å². The van der Waals surface area contributed by atoms with Crippen LogP contribution in [0.2, 0.25) is 0 Å². The summed E-state index contributed by atoms with van der Waals surface area (Å²) >= 11 is 0.748. The van der Waals surface area contributed by atoms with Crippen LogP contribution in [0.3, 0.4) is 0 Å². The largest absolute Gasteiger partial charge is 0.478 e. The zero-order valence-electron chi connectivity index (χ0n) is 8.20. The second-order valence-corrected chi connectivity index (χ2v) is 6.33. The van der Waals surface area contributed by atoms with E-state index in [0.29, 0.717) is 10.2 Å². The molecule has 0 saturated carbocycles. The van der Waals surface area contributed by atoms with Crippen molar-refractivity contribution in [3.63, 3.8) is 0 Å². The standard InChI is InChI=1S/C9H6FNO4S2/c10-7(8(12)13)17(14,15)9-11-5-3-1-2-4-6(5)16-9/h1-4,7H,(H,12,13). The maximum absolute atomic E-state index is 13.1. The van der Waals surface area contributed by atoms with Gasteiger partial charge in [-0.3, -0.25) is 0 Å². The van der Waals surface area contributed by atoms with Gasteiger partial charge in [0, 0.05) is 0 Å². The Kier molecular flexibility index (Phi) is 2.84. The van der Waals surface area contributed by atoms with Crippen LogP contribution in [0.5, 0.6) is 0 Å². The average Bonchev–Trinajstić information content (AvgIpc) is 2.71. The Morgan fingerprint density at radius 2 is 2.06 bits per heavy atom. The number of sulfone groups is 1. The fourth-order valence-electron chi connectivity index (χ4n) is 1.19. The molecule has 2 aromatic rings. The first-order valence-electron chi connectivity index (χ1n) is 4.39. The summed E-state index contributed by atoms with van der Waals surface area (Å²) in [6.07, 6.45) is 0. The van der Waals surface area contributed by atoms with Gasteiger partial charge in [-0.05, 0) is 12.1 Å². The number of carboxylic acids is 1. The summed E-state index contributed by atoms with van der Waals surface area (Å²) in [5, 5.41) is 8.38. The number of thiazole rings is 1. The van der Waals surface area contributed by atoms with E-state index < -0.39 is 25.6 Å². The quantitative estimate of drug-likeness (QED) is 0.916. The van der Waals surface area contributed by atoms with E-state index in [1.165, 1.54) is 0 Å². The number of nitrogens with zero attached hydrogens (tertiary/aromatic N) is 1. The van der Waals surface area contributed by atoms with Crippen molar-refractivity contribution >= 4 is 37.4 Å². The third kappa shape index (κ3) is 2.01. The molecular formula is C9H6FNO4S2. The molecular weight excluding hydrogens is 269 g/mol. The molecule has 0 radical (unpaired) electrons. The van der Waals surface area contributed by atoms with Crippen molar-refractivity contribution in [2.45, 2.75) is 9.84 Å². The fourth-order valence-corrected chi connectivity index (χ4v) is 3.55. The number of alkyl halides is 1. The van der Waals surface area contributed by atoms with Gasteiger partial charge in [-0.1, -0.05) is 12.1 Å². The minimum absolute atomic E-state index is 0.397. The molecule has 90 valence electrons. The minimum Gasteiger partial charge on any atom is -0.478 e. The third-order valence-corrected chi connectivity index (χ3v) is 5.09. The second-order valence-electron chi connectivity index (χ2n) is 3.15. The van der Waals surface area contributed by atoms with Gasteiger partial charge in [0.1, 0.15) is 0 Å². The Morgan fingerprint density at radius 3 is 2.65 bits per heavy atom. The molecule has 0 amide bonds. The van der Waals surface area contributed by atoms with E-state index in [1.54, 1.807) is 24.3 Å². The van der Waals surface area contributed by atoms with Gasteiger partial charge in [-0.25, -0.2) is 22.6 Å². The molecule has 0 aliphatic rings. The molecule has 5 nitrogen and oxygen atoms in total. The monoisotopic (exact) mass is 275 g/mol.